The van der Waals surface area contributed by atoms with Crippen molar-refractivity contribution in [2.75, 3.05) is 12.3 Å². The van der Waals surface area contributed by atoms with Gasteiger partial charge in [0, 0.05) is 0 Å². The number of hydrogen-bond acceptors (Lipinski definition) is 8. The van der Waals surface area contributed by atoms with Crippen LogP contribution in [0.1, 0.15) is 6.23 Å². The van der Waals surface area contributed by atoms with Gasteiger partial charge >= 0.3 is 19.5 Å². The number of nitrogens with zero attached hydrogens (tertiary/aromatic N) is 2. The maximum atomic E-state index is 11.0. The summed E-state index contributed by atoms with van der Waals surface area (Å²) in [7, 11) is -4.74. The van der Waals surface area contributed by atoms with Gasteiger partial charge in [-0.25, -0.2) is 18.9 Å². The van der Waals surface area contributed by atoms with Gasteiger partial charge in [0.2, 0.25) is 12.6 Å². The summed E-state index contributed by atoms with van der Waals surface area (Å²) in [5.74, 6) is -0.178. The molecule has 4 atom stereocenters. The summed E-state index contributed by atoms with van der Waals surface area (Å²) in [6.45, 7) is -0.643. The zero-order valence-electron chi connectivity index (χ0n) is 10.4. The van der Waals surface area contributed by atoms with Gasteiger partial charge < -0.3 is 30.5 Å². The SMILES string of the molecule is Nc1[nH]c(=O)nc[n+]1[C@@H]1O[C@H](COP(=O)(O)O)C(O)C1O. The Balaban J connectivity index is 2.16. The van der Waals surface area contributed by atoms with Crippen LogP contribution in [0.15, 0.2) is 11.1 Å². The van der Waals surface area contributed by atoms with Crippen molar-refractivity contribution in [2.24, 2.45) is 0 Å². The quantitative estimate of drug-likeness (QED) is 0.238. The van der Waals surface area contributed by atoms with Crippen LogP contribution in [0.3, 0.4) is 0 Å². The third kappa shape index (κ3) is 3.63. The highest BCUT2D eigenvalue weighted by molar-refractivity contribution is 7.46. The van der Waals surface area contributed by atoms with E-state index in [1.165, 1.54) is 0 Å². The Morgan fingerprint density at radius 1 is 1.48 bits per heavy atom. The summed E-state index contributed by atoms with van der Waals surface area (Å²) in [6, 6.07) is 0. The lowest BCUT2D eigenvalue weighted by molar-refractivity contribution is -0.758. The number of phosphoric ester groups is 1. The molecule has 1 aliphatic rings. The van der Waals surface area contributed by atoms with Gasteiger partial charge in [-0.05, 0) is 0 Å². The molecule has 1 aromatic heterocycles. The highest BCUT2D eigenvalue weighted by Gasteiger charge is 2.46. The molecule has 12 nitrogen and oxygen atoms in total. The highest BCUT2D eigenvalue weighted by Crippen LogP contribution is 2.37. The predicted molar refractivity (Wildman–Crippen MR) is 63.4 cm³/mol. The summed E-state index contributed by atoms with van der Waals surface area (Å²) in [5.41, 5.74) is 4.83. The van der Waals surface area contributed by atoms with E-state index in [1.807, 2.05) is 0 Å². The van der Waals surface area contributed by atoms with E-state index in [2.05, 4.69) is 14.5 Å². The molecule has 0 spiro atoms. The van der Waals surface area contributed by atoms with Crippen LogP contribution in [0.4, 0.5) is 5.95 Å². The van der Waals surface area contributed by atoms with Gasteiger partial charge in [0.1, 0.15) is 18.3 Å². The number of phosphoric acid groups is 1. The molecular weight excluding hydrogens is 311 g/mol. The van der Waals surface area contributed by atoms with Gasteiger partial charge in [0.25, 0.3) is 0 Å². The van der Waals surface area contributed by atoms with Crippen molar-refractivity contribution < 1.29 is 38.4 Å². The number of anilines is 1. The predicted octanol–water partition coefficient (Wildman–Crippen LogP) is -3.63. The molecule has 2 rings (SSSR count). The third-order valence-electron chi connectivity index (χ3n) is 2.83. The van der Waals surface area contributed by atoms with E-state index in [0.717, 1.165) is 10.9 Å². The molecular formula is C8H14N4O8P+. The molecule has 1 aliphatic heterocycles. The van der Waals surface area contributed by atoms with Crippen molar-refractivity contribution in [1.29, 1.82) is 0 Å². The molecule has 0 aliphatic carbocycles. The number of H-pyrrole nitrogens is 1. The van der Waals surface area contributed by atoms with E-state index >= 15 is 0 Å². The number of aromatic nitrogens is 3. The van der Waals surface area contributed by atoms with Crippen molar-refractivity contribution in [3.63, 3.8) is 0 Å². The fraction of sp³-hybridized carbons (Fsp3) is 0.625. The second-order valence-electron chi connectivity index (χ2n) is 4.30. The van der Waals surface area contributed by atoms with Crippen molar-refractivity contribution in [3.8, 4) is 0 Å². The Morgan fingerprint density at radius 3 is 2.71 bits per heavy atom. The molecule has 1 fully saturated rings. The van der Waals surface area contributed by atoms with Gasteiger partial charge in [0.15, 0.2) is 0 Å². The lowest BCUT2D eigenvalue weighted by Crippen LogP contribution is -2.50. The molecule has 118 valence electrons. The smallest absolute Gasteiger partial charge is 0.387 e. The number of nitrogen functional groups attached to an aromatic ring is 1. The number of nitrogens with two attached hydrogens (primary N) is 1. The van der Waals surface area contributed by atoms with E-state index in [9.17, 15) is 19.6 Å². The van der Waals surface area contributed by atoms with E-state index in [1.54, 1.807) is 0 Å². The van der Waals surface area contributed by atoms with E-state index < -0.39 is 44.7 Å². The number of aliphatic hydroxyl groups is 2. The van der Waals surface area contributed by atoms with Crippen LogP contribution in [-0.2, 0) is 13.8 Å². The number of hydrogen-bond donors (Lipinski definition) is 6. The Labute approximate surface area is 117 Å². The third-order valence-corrected chi connectivity index (χ3v) is 3.32. The van der Waals surface area contributed by atoms with Crippen molar-refractivity contribution >= 4 is 13.8 Å². The summed E-state index contributed by atoms with van der Waals surface area (Å²) in [4.78, 5) is 33.7. The van der Waals surface area contributed by atoms with Crippen LogP contribution in [0.25, 0.3) is 0 Å². The van der Waals surface area contributed by atoms with Crippen LogP contribution < -0.4 is 16.0 Å². The lowest BCUT2D eigenvalue weighted by Gasteiger charge is -2.14. The number of rotatable bonds is 4. The largest absolute Gasteiger partial charge is 0.469 e. The van der Waals surface area contributed by atoms with Crippen molar-refractivity contribution in [1.82, 2.24) is 9.97 Å². The second kappa shape index (κ2) is 5.77. The van der Waals surface area contributed by atoms with Crippen LogP contribution in [0.5, 0.6) is 0 Å². The first-order chi connectivity index (χ1) is 9.69. The topological polar surface area (TPSA) is 192 Å². The molecule has 0 bridgehead atoms. The van der Waals surface area contributed by atoms with Gasteiger partial charge in [-0.15, -0.1) is 0 Å². The fourth-order valence-corrected chi connectivity index (χ4v) is 2.19. The van der Waals surface area contributed by atoms with Crippen LogP contribution in [0.2, 0.25) is 0 Å². The van der Waals surface area contributed by atoms with Crippen molar-refractivity contribution in [2.45, 2.75) is 24.5 Å². The lowest BCUT2D eigenvalue weighted by atomic mass is 10.1. The fourth-order valence-electron chi connectivity index (χ4n) is 1.85. The minimum Gasteiger partial charge on any atom is -0.387 e. The zero-order chi connectivity index (χ0) is 15.8. The van der Waals surface area contributed by atoms with Gasteiger partial charge in [-0.2, -0.15) is 0 Å². The van der Waals surface area contributed by atoms with Crippen LogP contribution in [0, 0.1) is 0 Å². The standard InChI is InChI=1S/C8H13N4O8P/c9-7-11-8(15)10-2-12(7)6-5(14)4(13)3(20-6)1-19-21(16,17)18/h2-6,13-14H,1H2,(H4,9,11,15,16,17,18)/p+1/t3-,4?,5?,6-/m1/s1. The molecule has 0 saturated carbocycles. The minimum absolute atomic E-state index is 0.178. The Kier molecular flexibility index (Phi) is 4.39. The molecule has 0 radical (unpaired) electrons. The van der Waals surface area contributed by atoms with E-state index in [0.29, 0.717) is 0 Å². The molecule has 0 aromatic carbocycles. The van der Waals surface area contributed by atoms with E-state index in [-0.39, 0.29) is 5.95 Å². The van der Waals surface area contributed by atoms with E-state index in [4.69, 9.17) is 20.3 Å². The maximum absolute atomic E-state index is 11.0. The molecule has 7 N–H and O–H groups in total. The minimum atomic E-state index is -4.74. The molecule has 1 aromatic rings. The van der Waals surface area contributed by atoms with Crippen molar-refractivity contribution in [3.05, 3.63) is 16.8 Å². The first-order valence-corrected chi connectivity index (χ1v) is 7.19. The Hall–Kier alpha value is -1.40. The zero-order valence-corrected chi connectivity index (χ0v) is 11.3. The highest BCUT2D eigenvalue weighted by atomic mass is 31.2. The average molecular weight is 325 g/mol. The summed E-state index contributed by atoms with van der Waals surface area (Å²) in [6.07, 6.45) is -4.33. The first kappa shape index (κ1) is 16.0. The van der Waals surface area contributed by atoms with Crippen LogP contribution >= 0.6 is 7.82 Å². The molecule has 13 heteroatoms. The van der Waals surface area contributed by atoms with Crippen LogP contribution in [-0.4, -0.2) is 54.9 Å². The monoisotopic (exact) mass is 325 g/mol. The Bertz CT molecular complexity index is 617. The summed E-state index contributed by atoms with van der Waals surface area (Å²) >= 11 is 0. The number of aromatic amines is 1. The maximum Gasteiger partial charge on any atom is 0.469 e. The molecule has 2 heterocycles. The summed E-state index contributed by atoms with van der Waals surface area (Å²) < 4.78 is 21.1. The Morgan fingerprint density at radius 2 is 2.14 bits per heavy atom. The molecule has 21 heavy (non-hydrogen) atoms. The van der Waals surface area contributed by atoms with Gasteiger partial charge in [-0.1, -0.05) is 4.98 Å². The number of ether oxygens (including phenoxy) is 1. The summed E-state index contributed by atoms with van der Waals surface area (Å²) in [5, 5.41) is 19.7. The number of nitrogens with one attached hydrogen (secondary N) is 1. The first-order valence-electron chi connectivity index (χ1n) is 5.66. The van der Waals surface area contributed by atoms with Gasteiger partial charge in [0.05, 0.1) is 6.61 Å². The van der Waals surface area contributed by atoms with Gasteiger partial charge in [-0.3, -0.25) is 4.52 Å². The second-order valence-corrected chi connectivity index (χ2v) is 5.54. The molecule has 1 saturated heterocycles. The molecule has 2 unspecified atom stereocenters. The molecule has 0 amide bonds. The normalized spacial score (nSPS) is 29.7. The average Bonchev–Trinajstić information content (AvgIpc) is 2.64. The number of aliphatic hydroxyl groups excluding tert-OH is 2.